The molecule has 1 aromatic carbocycles. The monoisotopic (exact) mass is 468 g/mol. The number of nitrogens with one attached hydrogen (secondary N) is 2. The number of fused-ring (bicyclic) bond motifs is 1. The molecule has 0 aromatic heterocycles. The van der Waals surface area contributed by atoms with Crippen LogP contribution < -0.4 is 10.6 Å². The lowest BCUT2D eigenvalue weighted by molar-refractivity contribution is -0.142. The summed E-state index contributed by atoms with van der Waals surface area (Å²) in [6.07, 6.45) is 8.30. The minimum atomic E-state index is -0.478. The summed E-state index contributed by atoms with van der Waals surface area (Å²) in [5, 5.41) is 6.40. The smallest absolute Gasteiger partial charge is 0.317 e. The molecule has 3 aliphatic rings. The highest BCUT2D eigenvalue weighted by molar-refractivity contribution is 5.88. The van der Waals surface area contributed by atoms with Crippen molar-refractivity contribution in [2.24, 2.45) is 5.92 Å². The Morgan fingerprint density at radius 3 is 2.24 bits per heavy atom. The van der Waals surface area contributed by atoms with Crippen molar-refractivity contribution in [1.82, 2.24) is 20.4 Å². The van der Waals surface area contributed by atoms with Crippen LogP contribution >= 0.6 is 0 Å². The Morgan fingerprint density at radius 2 is 1.56 bits per heavy atom. The lowest BCUT2D eigenvalue weighted by atomic mass is 9.92. The molecule has 1 unspecified atom stereocenters. The summed E-state index contributed by atoms with van der Waals surface area (Å²) in [6, 6.07) is 7.99. The van der Waals surface area contributed by atoms with Crippen LogP contribution in [0.15, 0.2) is 24.3 Å². The van der Waals surface area contributed by atoms with Crippen LogP contribution in [-0.4, -0.2) is 58.9 Å². The number of carbonyl (C=O) groups excluding carboxylic acids is 3. The Balaban J connectivity index is 1.33. The van der Waals surface area contributed by atoms with Crippen LogP contribution in [0, 0.1) is 5.92 Å². The van der Waals surface area contributed by atoms with Crippen LogP contribution in [-0.2, 0) is 22.6 Å². The van der Waals surface area contributed by atoms with E-state index in [1.807, 2.05) is 36.9 Å². The number of hydrogen-bond donors (Lipinski definition) is 2. The summed E-state index contributed by atoms with van der Waals surface area (Å²) in [6.45, 7) is 5.84. The van der Waals surface area contributed by atoms with E-state index in [0.29, 0.717) is 38.5 Å². The molecule has 2 fully saturated rings. The Labute approximate surface area is 203 Å². The van der Waals surface area contributed by atoms with Crippen molar-refractivity contribution in [3.8, 4) is 0 Å². The molecular formula is C27H40N4O3. The summed E-state index contributed by atoms with van der Waals surface area (Å²) in [7, 11) is 0. The van der Waals surface area contributed by atoms with E-state index in [1.165, 1.54) is 19.3 Å². The molecule has 186 valence electrons. The van der Waals surface area contributed by atoms with Gasteiger partial charge in [-0.1, -0.05) is 57.4 Å². The van der Waals surface area contributed by atoms with Crippen LogP contribution in [0.4, 0.5) is 4.79 Å². The summed E-state index contributed by atoms with van der Waals surface area (Å²) in [5.41, 5.74) is 2.27. The van der Waals surface area contributed by atoms with Gasteiger partial charge in [0.1, 0.15) is 6.04 Å². The molecular weight excluding hydrogens is 428 g/mol. The zero-order chi connectivity index (χ0) is 24.1. The molecule has 1 saturated carbocycles. The first-order chi connectivity index (χ1) is 16.4. The van der Waals surface area contributed by atoms with Crippen LogP contribution in [0.5, 0.6) is 0 Å². The molecule has 4 amide bonds. The summed E-state index contributed by atoms with van der Waals surface area (Å²) in [4.78, 5) is 42.7. The molecule has 0 radical (unpaired) electrons. The number of piperidine rings is 1. The van der Waals surface area contributed by atoms with Gasteiger partial charge in [-0.2, -0.15) is 0 Å². The fourth-order valence-corrected chi connectivity index (χ4v) is 5.52. The van der Waals surface area contributed by atoms with Crippen molar-refractivity contribution in [3.05, 3.63) is 35.4 Å². The number of benzene rings is 1. The predicted molar refractivity (Wildman–Crippen MR) is 132 cm³/mol. The first-order valence-corrected chi connectivity index (χ1v) is 13.1. The average Bonchev–Trinajstić information content (AvgIpc) is 2.83. The third-order valence-corrected chi connectivity index (χ3v) is 7.52. The van der Waals surface area contributed by atoms with Crippen molar-refractivity contribution in [2.45, 2.75) is 96.3 Å². The number of carbonyl (C=O) groups is 3. The topological polar surface area (TPSA) is 81.8 Å². The van der Waals surface area contributed by atoms with Crippen LogP contribution in [0.25, 0.3) is 0 Å². The highest BCUT2D eigenvalue weighted by Crippen LogP contribution is 2.25. The van der Waals surface area contributed by atoms with E-state index in [4.69, 9.17) is 0 Å². The molecule has 2 N–H and O–H groups in total. The second-order valence-electron chi connectivity index (χ2n) is 10.7. The summed E-state index contributed by atoms with van der Waals surface area (Å²) >= 11 is 0. The van der Waals surface area contributed by atoms with Gasteiger partial charge in [-0.05, 0) is 42.7 Å². The number of amides is 4. The summed E-state index contributed by atoms with van der Waals surface area (Å²) in [5.74, 6) is 0.216. The van der Waals surface area contributed by atoms with E-state index in [9.17, 15) is 14.4 Å². The molecule has 2 heterocycles. The van der Waals surface area contributed by atoms with Gasteiger partial charge in [0.2, 0.25) is 11.8 Å². The van der Waals surface area contributed by atoms with E-state index in [0.717, 1.165) is 36.8 Å². The van der Waals surface area contributed by atoms with Gasteiger partial charge in [-0.3, -0.25) is 9.59 Å². The van der Waals surface area contributed by atoms with Gasteiger partial charge in [0.05, 0.1) is 0 Å². The Morgan fingerprint density at radius 1 is 0.912 bits per heavy atom. The zero-order valence-corrected chi connectivity index (χ0v) is 20.7. The average molecular weight is 469 g/mol. The minimum absolute atomic E-state index is 0.0328. The number of likely N-dealkylation sites (tertiary alicyclic amines) is 1. The first kappa shape index (κ1) is 24.6. The zero-order valence-electron chi connectivity index (χ0n) is 20.7. The molecule has 0 bridgehead atoms. The van der Waals surface area contributed by atoms with E-state index in [1.54, 1.807) is 4.90 Å². The van der Waals surface area contributed by atoms with Crippen molar-refractivity contribution in [1.29, 1.82) is 0 Å². The molecule has 0 spiro atoms. The second-order valence-corrected chi connectivity index (χ2v) is 10.7. The van der Waals surface area contributed by atoms with Crippen molar-refractivity contribution >= 4 is 17.8 Å². The van der Waals surface area contributed by atoms with Gasteiger partial charge in [0.25, 0.3) is 0 Å². The highest BCUT2D eigenvalue weighted by Gasteiger charge is 2.36. The standard InChI is InChI=1S/C27H40N4O3/c1-19(2)16-25(32)31-18-21-9-7-6-8-20(21)17-24(31)26(33)28-23-12-14-30(15-13-23)27(34)29-22-10-4-3-5-11-22/h6-9,19,22-24H,3-5,10-18H2,1-2H3,(H,28,33)(H,29,34). The molecule has 1 aromatic rings. The van der Waals surface area contributed by atoms with Crippen LogP contribution in [0.2, 0.25) is 0 Å². The quantitative estimate of drug-likeness (QED) is 0.693. The molecule has 1 aliphatic carbocycles. The minimum Gasteiger partial charge on any atom is -0.351 e. The molecule has 34 heavy (non-hydrogen) atoms. The van der Waals surface area contributed by atoms with Gasteiger partial charge in [0, 0.05) is 44.6 Å². The van der Waals surface area contributed by atoms with Crippen molar-refractivity contribution in [2.75, 3.05) is 13.1 Å². The highest BCUT2D eigenvalue weighted by atomic mass is 16.2. The van der Waals surface area contributed by atoms with Gasteiger partial charge in [-0.25, -0.2) is 4.79 Å². The summed E-state index contributed by atoms with van der Waals surface area (Å²) < 4.78 is 0. The van der Waals surface area contributed by atoms with Gasteiger partial charge in [0.15, 0.2) is 0 Å². The Hall–Kier alpha value is -2.57. The number of nitrogens with zero attached hydrogens (tertiary/aromatic N) is 2. The lowest BCUT2D eigenvalue weighted by Gasteiger charge is -2.38. The third kappa shape index (κ3) is 6.10. The van der Waals surface area contributed by atoms with Gasteiger partial charge < -0.3 is 20.4 Å². The van der Waals surface area contributed by atoms with Crippen LogP contribution in [0.1, 0.15) is 76.3 Å². The Bertz CT molecular complexity index is 872. The van der Waals surface area contributed by atoms with E-state index < -0.39 is 6.04 Å². The number of urea groups is 1. The molecule has 1 atom stereocenters. The van der Waals surface area contributed by atoms with E-state index >= 15 is 0 Å². The molecule has 7 nitrogen and oxygen atoms in total. The molecule has 1 saturated heterocycles. The first-order valence-electron chi connectivity index (χ1n) is 13.1. The largest absolute Gasteiger partial charge is 0.351 e. The maximum atomic E-state index is 13.4. The maximum absolute atomic E-state index is 13.4. The maximum Gasteiger partial charge on any atom is 0.317 e. The second kappa shape index (κ2) is 11.2. The fourth-order valence-electron chi connectivity index (χ4n) is 5.52. The predicted octanol–water partition coefficient (Wildman–Crippen LogP) is 3.61. The lowest BCUT2D eigenvalue weighted by Crippen LogP contribution is -2.56. The molecule has 4 rings (SSSR count). The third-order valence-electron chi connectivity index (χ3n) is 7.52. The van der Waals surface area contributed by atoms with Crippen LogP contribution in [0.3, 0.4) is 0 Å². The van der Waals surface area contributed by atoms with Crippen molar-refractivity contribution < 1.29 is 14.4 Å². The normalized spacial score (nSPS) is 21.8. The Kier molecular flexibility index (Phi) is 8.11. The van der Waals surface area contributed by atoms with Gasteiger partial charge >= 0.3 is 6.03 Å². The van der Waals surface area contributed by atoms with E-state index in [2.05, 4.69) is 16.7 Å². The molecule has 7 heteroatoms. The van der Waals surface area contributed by atoms with Crippen molar-refractivity contribution in [3.63, 3.8) is 0 Å². The fraction of sp³-hybridized carbons (Fsp3) is 0.667. The number of hydrogen-bond acceptors (Lipinski definition) is 3. The SMILES string of the molecule is CC(C)CC(=O)N1Cc2ccccc2CC1C(=O)NC1CCN(C(=O)NC2CCCCC2)CC1. The van der Waals surface area contributed by atoms with E-state index in [-0.39, 0.29) is 29.8 Å². The number of rotatable bonds is 5. The molecule has 2 aliphatic heterocycles. The van der Waals surface area contributed by atoms with Gasteiger partial charge in [-0.15, -0.1) is 0 Å².